The standard InChI is InChI=1S/C13H20N2O4S/c1-4-14-9-11-7-5-6-8-12(11)15-20(17,18)10(2)13(16)19-3/h5-8,10,14-15H,4,9H2,1-3H3. The van der Waals surface area contributed by atoms with E-state index < -0.39 is 21.2 Å². The zero-order valence-electron chi connectivity index (χ0n) is 11.8. The van der Waals surface area contributed by atoms with Gasteiger partial charge in [-0.15, -0.1) is 0 Å². The summed E-state index contributed by atoms with van der Waals surface area (Å²) in [4.78, 5) is 11.4. The second-order valence-corrected chi connectivity index (χ2v) is 6.25. The molecule has 1 unspecified atom stereocenters. The molecule has 1 aromatic rings. The van der Waals surface area contributed by atoms with Crippen LogP contribution in [0.4, 0.5) is 5.69 Å². The molecule has 0 heterocycles. The van der Waals surface area contributed by atoms with Crippen molar-refractivity contribution >= 4 is 21.7 Å². The Morgan fingerprint density at radius 2 is 2.00 bits per heavy atom. The highest BCUT2D eigenvalue weighted by atomic mass is 32.2. The number of anilines is 1. The summed E-state index contributed by atoms with van der Waals surface area (Å²) in [7, 11) is -2.66. The van der Waals surface area contributed by atoms with Gasteiger partial charge in [0.05, 0.1) is 12.8 Å². The van der Waals surface area contributed by atoms with E-state index in [0.29, 0.717) is 12.2 Å². The third-order valence-corrected chi connectivity index (χ3v) is 4.46. The highest BCUT2D eigenvalue weighted by Crippen LogP contribution is 2.18. The minimum Gasteiger partial charge on any atom is -0.468 e. The highest BCUT2D eigenvalue weighted by Gasteiger charge is 2.29. The number of sulfonamides is 1. The summed E-state index contributed by atoms with van der Waals surface area (Å²) in [5.41, 5.74) is 1.28. The Bertz CT molecular complexity index is 557. The summed E-state index contributed by atoms with van der Waals surface area (Å²) in [6, 6.07) is 7.04. The van der Waals surface area contributed by atoms with Gasteiger partial charge in [0.15, 0.2) is 5.25 Å². The predicted octanol–water partition coefficient (Wildman–Crippen LogP) is 1.10. The molecule has 0 radical (unpaired) electrons. The minimum atomic E-state index is -3.82. The fourth-order valence-corrected chi connectivity index (χ4v) is 2.60. The molecular formula is C13H20N2O4S. The molecule has 0 aliphatic rings. The number of carbonyl (C=O) groups is 1. The number of methoxy groups -OCH3 is 1. The minimum absolute atomic E-state index is 0.462. The van der Waals surface area contributed by atoms with Gasteiger partial charge in [-0.05, 0) is 25.1 Å². The highest BCUT2D eigenvalue weighted by molar-refractivity contribution is 7.94. The van der Waals surface area contributed by atoms with Crippen molar-refractivity contribution < 1.29 is 17.9 Å². The van der Waals surface area contributed by atoms with Crippen molar-refractivity contribution in [3.8, 4) is 0 Å². The van der Waals surface area contributed by atoms with Crippen molar-refractivity contribution in [2.45, 2.75) is 25.6 Å². The van der Waals surface area contributed by atoms with Crippen LogP contribution in [-0.2, 0) is 26.1 Å². The molecule has 0 bridgehead atoms. The van der Waals surface area contributed by atoms with Crippen molar-refractivity contribution in [3.05, 3.63) is 29.8 Å². The van der Waals surface area contributed by atoms with Crippen LogP contribution in [0.3, 0.4) is 0 Å². The summed E-state index contributed by atoms with van der Waals surface area (Å²) in [5, 5.41) is 1.86. The Hall–Kier alpha value is -1.60. The van der Waals surface area contributed by atoms with Gasteiger partial charge in [-0.1, -0.05) is 25.1 Å². The van der Waals surface area contributed by atoms with Crippen LogP contribution >= 0.6 is 0 Å². The summed E-state index contributed by atoms with van der Waals surface area (Å²) < 4.78 is 31.1. The lowest BCUT2D eigenvalue weighted by Gasteiger charge is -2.15. The quantitative estimate of drug-likeness (QED) is 0.737. The van der Waals surface area contributed by atoms with Gasteiger partial charge < -0.3 is 10.1 Å². The number of carbonyl (C=O) groups excluding carboxylic acids is 1. The Labute approximate surface area is 119 Å². The van der Waals surface area contributed by atoms with Crippen LogP contribution in [0.5, 0.6) is 0 Å². The predicted molar refractivity (Wildman–Crippen MR) is 77.8 cm³/mol. The molecule has 20 heavy (non-hydrogen) atoms. The molecular weight excluding hydrogens is 280 g/mol. The topological polar surface area (TPSA) is 84.5 Å². The third kappa shape index (κ3) is 4.21. The van der Waals surface area contributed by atoms with E-state index in [1.54, 1.807) is 12.1 Å². The zero-order chi connectivity index (χ0) is 15.2. The second-order valence-electron chi connectivity index (χ2n) is 4.25. The molecule has 6 nitrogen and oxygen atoms in total. The lowest BCUT2D eigenvalue weighted by Crippen LogP contribution is -2.33. The van der Waals surface area contributed by atoms with E-state index in [9.17, 15) is 13.2 Å². The molecule has 0 aliphatic carbocycles. The fourth-order valence-electron chi connectivity index (χ4n) is 1.57. The number of hydrogen-bond acceptors (Lipinski definition) is 5. The van der Waals surface area contributed by atoms with E-state index in [-0.39, 0.29) is 0 Å². The molecule has 0 aliphatic heterocycles. The second kappa shape index (κ2) is 7.25. The van der Waals surface area contributed by atoms with E-state index >= 15 is 0 Å². The molecule has 112 valence electrons. The SMILES string of the molecule is CCNCc1ccccc1NS(=O)(=O)C(C)C(=O)OC. The van der Waals surface area contributed by atoms with Crippen molar-refractivity contribution in [2.24, 2.45) is 0 Å². The Kier molecular flexibility index (Phi) is 5.97. The molecule has 0 spiro atoms. The maximum absolute atomic E-state index is 12.1. The number of nitrogens with one attached hydrogen (secondary N) is 2. The van der Waals surface area contributed by atoms with E-state index in [1.807, 2.05) is 19.1 Å². The molecule has 7 heteroatoms. The van der Waals surface area contributed by atoms with Gasteiger partial charge in [0.1, 0.15) is 0 Å². The molecule has 2 N–H and O–H groups in total. The monoisotopic (exact) mass is 300 g/mol. The van der Waals surface area contributed by atoms with E-state index in [2.05, 4.69) is 14.8 Å². The zero-order valence-corrected chi connectivity index (χ0v) is 12.7. The van der Waals surface area contributed by atoms with Gasteiger partial charge >= 0.3 is 5.97 Å². The van der Waals surface area contributed by atoms with E-state index in [0.717, 1.165) is 19.2 Å². The van der Waals surface area contributed by atoms with Crippen molar-refractivity contribution in [3.63, 3.8) is 0 Å². The number of benzene rings is 1. The van der Waals surface area contributed by atoms with Crippen LogP contribution in [0.1, 0.15) is 19.4 Å². The Morgan fingerprint density at radius 1 is 1.35 bits per heavy atom. The third-order valence-electron chi connectivity index (χ3n) is 2.83. The van der Waals surface area contributed by atoms with Gasteiger partial charge in [0.2, 0.25) is 10.0 Å². The molecule has 0 aromatic heterocycles. The van der Waals surface area contributed by atoms with Crippen LogP contribution in [0, 0.1) is 0 Å². The first-order valence-corrected chi connectivity index (χ1v) is 7.85. The maximum Gasteiger partial charge on any atom is 0.325 e. The molecule has 0 saturated carbocycles. The molecule has 1 aromatic carbocycles. The average Bonchev–Trinajstić information content (AvgIpc) is 2.44. The van der Waals surface area contributed by atoms with Crippen LogP contribution in [-0.4, -0.2) is 33.3 Å². The number of hydrogen-bond donors (Lipinski definition) is 2. The lowest BCUT2D eigenvalue weighted by atomic mass is 10.2. The smallest absolute Gasteiger partial charge is 0.325 e. The summed E-state index contributed by atoms with van der Waals surface area (Å²) in [6.07, 6.45) is 0. The van der Waals surface area contributed by atoms with Crippen molar-refractivity contribution in [2.75, 3.05) is 18.4 Å². The lowest BCUT2D eigenvalue weighted by molar-refractivity contribution is -0.139. The number of ether oxygens (including phenoxy) is 1. The van der Waals surface area contributed by atoms with Crippen LogP contribution < -0.4 is 10.0 Å². The maximum atomic E-state index is 12.1. The molecule has 0 saturated heterocycles. The van der Waals surface area contributed by atoms with Gasteiger partial charge in [-0.2, -0.15) is 0 Å². The Morgan fingerprint density at radius 3 is 2.60 bits per heavy atom. The summed E-state index contributed by atoms with van der Waals surface area (Å²) in [5.74, 6) is -0.790. The summed E-state index contributed by atoms with van der Waals surface area (Å²) >= 11 is 0. The van der Waals surface area contributed by atoms with Crippen LogP contribution in [0.2, 0.25) is 0 Å². The molecule has 1 rings (SSSR count). The fraction of sp³-hybridized carbons (Fsp3) is 0.462. The van der Waals surface area contributed by atoms with Crippen molar-refractivity contribution in [1.82, 2.24) is 5.32 Å². The van der Waals surface area contributed by atoms with Gasteiger partial charge in [-0.3, -0.25) is 9.52 Å². The summed E-state index contributed by atoms with van der Waals surface area (Å²) in [6.45, 7) is 4.58. The van der Waals surface area contributed by atoms with E-state index in [1.165, 1.54) is 6.92 Å². The van der Waals surface area contributed by atoms with Crippen molar-refractivity contribution in [1.29, 1.82) is 0 Å². The average molecular weight is 300 g/mol. The van der Waals surface area contributed by atoms with Crippen LogP contribution in [0.15, 0.2) is 24.3 Å². The molecule has 0 fully saturated rings. The Balaban J connectivity index is 2.95. The van der Waals surface area contributed by atoms with Gasteiger partial charge in [-0.25, -0.2) is 8.42 Å². The van der Waals surface area contributed by atoms with Gasteiger partial charge in [0, 0.05) is 6.54 Å². The first-order chi connectivity index (χ1) is 9.42. The first kappa shape index (κ1) is 16.5. The van der Waals surface area contributed by atoms with Crippen LogP contribution in [0.25, 0.3) is 0 Å². The molecule has 1 atom stereocenters. The first-order valence-electron chi connectivity index (χ1n) is 6.30. The largest absolute Gasteiger partial charge is 0.468 e. The van der Waals surface area contributed by atoms with E-state index in [4.69, 9.17) is 0 Å². The number of rotatable bonds is 7. The normalized spacial score (nSPS) is 12.8. The number of esters is 1. The molecule has 0 amide bonds. The van der Waals surface area contributed by atoms with Gasteiger partial charge in [0.25, 0.3) is 0 Å². The number of para-hydroxylation sites is 1.